The summed E-state index contributed by atoms with van der Waals surface area (Å²) in [5.74, 6) is 1.71. The van der Waals surface area contributed by atoms with E-state index in [-0.39, 0.29) is 5.56 Å². The molecule has 0 aliphatic rings. The van der Waals surface area contributed by atoms with Crippen molar-refractivity contribution in [1.29, 1.82) is 0 Å². The molecule has 0 fully saturated rings. The van der Waals surface area contributed by atoms with Gasteiger partial charge in [0.25, 0.3) is 5.56 Å². The maximum absolute atomic E-state index is 13.3. The number of fused-ring (bicyclic) bond motifs is 3. The lowest BCUT2D eigenvalue weighted by molar-refractivity contribution is 0.575. The molecule has 6 rings (SSSR count). The molecule has 0 N–H and O–H groups in total. The number of hydrogen-bond donors (Lipinski definition) is 0. The molecule has 0 saturated carbocycles. The Balaban J connectivity index is 1.40. The van der Waals surface area contributed by atoms with E-state index in [1.54, 1.807) is 22.2 Å². The van der Waals surface area contributed by atoms with Gasteiger partial charge in [0.05, 0.1) is 28.0 Å². The molecule has 6 aromatic rings. The first-order valence-corrected chi connectivity index (χ1v) is 12.2. The molecule has 33 heavy (non-hydrogen) atoms. The van der Waals surface area contributed by atoms with E-state index in [2.05, 4.69) is 15.2 Å². The van der Waals surface area contributed by atoms with E-state index in [9.17, 15) is 4.79 Å². The number of para-hydroxylation sites is 1. The fourth-order valence-electron chi connectivity index (χ4n) is 3.76. The Morgan fingerprint density at radius 2 is 1.82 bits per heavy atom. The number of aromatic nitrogens is 5. The molecule has 4 aromatic heterocycles. The smallest absolute Gasteiger partial charge is 0.263 e. The zero-order chi connectivity index (χ0) is 22.2. The second-order valence-electron chi connectivity index (χ2n) is 7.42. The first kappa shape index (κ1) is 20.0. The molecular weight excluding hydrogens is 454 g/mol. The van der Waals surface area contributed by atoms with Crippen molar-refractivity contribution in [1.82, 2.24) is 24.1 Å². The van der Waals surface area contributed by atoms with Crippen molar-refractivity contribution in [3.05, 3.63) is 100.0 Å². The van der Waals surface area contributed by atoms with Gasteiger partial charge in [-0.1, -0.05) is 60.3 Å². The monoisotopic (exact) mass is 471 g/mol. The predicted octanol–water partition coefficient (Wildman–Crippen LogP) is 5.10. The van der Waals surface area contributed by atoms with Gasteiger partial charge in [-0.05, 0) is 29.1 Å². The van der Waals surface area contributed by atoms with Gasteiger partial charge >= 0.3 is 0 Å². The van der Waals surface area contributed by atoms with Crippen molar-refractivity contribution in [3.63, 3.8) is 0 Å². The Morgan fingerprint density at radius 1 is 0.970 bits per heavy atom. The third kappa shape index (κ3) is 3.65. The lowest BCUT2D eigenvalue weighted by Gasteiger charge is -2.11. The van der Waals surface area contributed by atoms with E-state index in [1.807, 2.05) is 76.5 Å². The minimum absolute atomic E-state index is 0.0806. The SMILES string of the molecule is O=c1c2ccccc2n2c(SCc3coc(-c4cccs4)n3)nnc2n1Cc1ccccc1. The molecule has 162 valence electrons. The van der Waals surface area contributed by atoms with Crippen molar-refractivity contribution in [2.24, 2.45) is 0 Å². The van der Waals surface area contributed by atoms with Crippen LogP contribution in [0.25, 0.3) is 27.4 Å². The third-order valence-electron chi connectivity index (χ3n) is 5.29. The number of hydrogen-bond acceptors (Lipinski definition) is 7. The fraction of sp³-hybridized carbons (Fsp3) is 0.0833. The van der Waals surface area contributed by atoms with Crippen LogP contribution in [-0.2, 0) is 12.3 Å². The zero-order valence-electron chi connectivity index (χ0n) is 17.3. The molecule has 0 spiro atoms. The van der Waals surface area contributed by atoms with Gasteiger partial charge in [0.15, 0.2) is 5.16 Å². The Hall–Kier alpha value is -3.69. The second kappa shape index (κ2) is 8.34. The van der Waals surface area contributed by atoms with Gasteiger partial charge in [-0.25, -0.2) is 4.98 Å². The van der Waals surface area contributed by atoms with Crippen molar-refractivity contribution in [2.45, 2.75) is 17.5 Å². The summed E-state index contributed by atoms with van der Waals surface area (Å²) < 4.78 is 9.26. The number of rotatable bonds is 6. The van der Waals surface area contributed by atoms with Crippen LogP contribution in [0.15, 0.2) is 92.7 Å². The van der Waals surface area contributed by atoms with Crippen LogP contribution in [0.5, 0.6) is 0 Å². The molecule has 0 bridgehead atoms. The van der Waals surface area contributed by atoms with Crippen LogP contribution in [0.2, 0.25) is 0 Å². The number of thiophene rings is 1. The Bertz CT molecular complexity index is 1620. The summed E-state index contributed by atoms with van der Waals surface area (Å²) in [6, 6.07) is 21.4. The summed E-state index contributed by atoms with van der Waals surface area (Å²) in [7, 11) is 0. The number of benzene rings is 2. The van der Waals surface area contributed by atoms with Crippen molar-refractivity contribution >= 4 is 39.8 Å². The summed E-state index contributed by atoms with van der Waals surface area (Å²) in [6.07, 6.45) is 1.68. The maximum atomic E-state index is 13.3. The van der Waals surface area contributed by atoms with Gasteiger partial charge in [-0.3, -0.25) is 13.8 Å². The zero-order valence-corrected chi connectivity index (χ0v) is 18.9. The van der Waals surface area contributed by atoms with Gasteiger partial charge in [0.1, 0.15) is 6.26 Å². The predicted molar refractivity (Wildman–Crippen MR) is 130 cm³/mol. The van der Waals surface area contributed by atoms with Crippen LogP contribution >= 0.6 is 23.1 Å². The van der Waals surface area contributed by atoms with Gasteiger partial charge in [0.2, 0.25) is 11.7 Å². The van der Waals surface area contributed by atoms with Gasteiger partial charge < -0.3 is 4.42 Å². The van der Waals surface area contributed by atoms with Gasteiger partial charge in [0, 0.05) is 5.75 Å². The first-order valence-electron chi connectivity index (χ1n) is 10.3. The summed E-state index contributed by atoms with van der Waals surface area (Å²) in [4.78, 5) is 18.9. The quantitative estimate of drug-likeness (QED) is 0.315. The molecule has 0 aliphatic heterocycles. The first-order chi connectivity index (χ1) is 16.3. The Morgan fingerprint density at radius 3 is 2.67 bits per heavy atom. The average molecular weight is 472 g/mol. The van der Waals surface area contributed by atoms with Gasteiger partial charge in [-0.2, -0.15) is 0 Å². The van der Waals surface area contributed by atoms with E-state index in [1.165, 1.54) is 11.8 Å². The number of thioether (sulfide) groups is 1. The standard InChI is InChI=1S/C24H17N5O2S2/c30-22-18-9-4-5-10-19(18)29-23(28(22)13-16-7-2-1-3-8-16)26-27-24(29)33-15-17-14-31-21(25-17)20-11-6-12-32-20/h1-12,14H,13,15H2. The maximum Gasteiger partial charge on any atom is 0.263 e. The van der Waals surface area contributed by atoms with Crippen molar-refractivity contribution in [3.8, 4) is 10.8 Å². The highest BCUT2D eigenvalue weighted by Gasteiger charge is 2.18. The molecule has 0 aliphatic carbocycles. The third-order valence-corrected chi connectivity index (χ3v) is 7.11. The highest BCUT2D eigenvalue weighted by molar-refractivity contribution is 7.98. The summed E-state index contributed by atoms with van der Waals surface area (Å²) >= 11 is 3.10. The Kier molecular flexibility index (Phi) is 5.04. The average Bonchev–Trinajstić information content (AvgIpc) is 3.62. The van der Waals surface area contributed by atoms with E-state index in [4.69, 9.17) is 4.42 Å². The molecule has 0 unspecified atom stereocenters. The molecule has 0 saturated heterocycles. The molecule has 2 aromatic carbocycles. The molecular formula is C24H17N5O2S2. The van der Waals surface area contributed by atoms with Crippen LogP contribution in [0.4, 0.5) is 0 Å². The van der Waals surface area contributed by atoms with E-state index >= 15 is 0 Å². The van der Waals surface area contributed by atoms with E-state index in [0.717, 1.165) is 21.7 Å². The highest BCUT2D eigenvalue weighted by Crippen LogP contribution is 2.28. The summed E-state index contributed by atoms with van der Waals surface area (Å²) in [6.45, 7) is 0.421. The molecule has 7 nitrogen and oxygen atoms in total. The second-order valence-corrected chi connectivity index (χ2v) is 9.31. The van der Waals surface area contributed by atoms with Crippen LogP contribution in [-0.4, -0.2) is 24.1 Å². The highest BCUT2D eigenvalue weighted by atomic mass is 32.2. The van der Waals surface area contributed by atoms with Crippen LogP contribution < -0.4 is 5.56 Å². The van der Waals surface area contributed by atoms with Crippen LogP contribution in [0, 0.1) is 0 Å². The minimum Gasteiger partial charge on any atom is -0.444 e. The van der Waals surface area contributed by atoms with Gasteiger partial charge in [-0.15, -0.1) is 21.5 Å². The van der Waals surface area contributed by atoms with Crippen LogP contribution in [0.1, 0.15) is 11.3 Å². The van der Waals surface area contributed by atoms with E-state index < -0.39 is 0 Å². The van der Waals surface area contributed by atoms with Crippen molar-refractivity contribution < 1.29 is 4.42 Å². The molecule has 0 atom stereocenters. The largest absolute Gasteiger partial charge is 0.444 e. The normalized spacial score (nSPS) is 11.5. The topological polar surface area (TPSA) is 78.2 Å². The van der Waals surface area contributed by atoms with E-state index in [0.29, 0.717) is 34.5 Å². The Labute approximate surface area is 196 Å². The molecule has 4 heterocycles. The van der Waals surface area contributed by atoms with Crippen molar-refractivity contribution in [2.75, 3.05) is 0 Å². The molecule has 0 amide bonds. The molecule has 9 heteroatoms. The lowest BCUT2D eigenvalue weighted by Crippen LogP contribution is -2.24. The number of nitrogens with zero attached hydrogens (tertiary/aromatic N) is 5. The minimum atomic E-state index is -0.0806. The summed E-state index contributed by atoms with van der Waals surface area (Å²) in [5.41, 5.74) is 2.55. The van der Waals surface area contributed by atoms with Crippen LogP contribution in [0.3, 0.4) is 0 Å². The molecule has 0 radical (unpaired) electrons. The summed E-state index contributed by atoms with van der Waals surface area (Å²) in [5, 5.41) is 12.1. The number of oxazole rings is 1. The fourth-order valence-corrected chi connectivity index (χ4v) is 5.23. The lowest BCUT2D eigenvalue weighted by atomic mass is 10.2.